The number of rotatable bonds is 5. The lowest BCUT2D eigenvalue weighted by molar-refractivity contribution is -0.142. The number of aliphatic carboxylic acids is 1. The van der Waals surface area contributed by atoms with Crippen LogP contribution in [0.25, 0.3) is 0 Å². The van der Waals surface area contributed by atoms with Gasteiger partial charge in [-0.3, -0.25) is 14.5 Å². The van der Waals surface area contributed by atoms with Crippen molar-refractivity contribution in [3.63, 3.8) is 0 Å². The number of carboxylic acids is 1. The van der Waals surface area contributed by atoms with E-state index in [0.29, 0.717) is 18.4 Å². The molecule has 1 aromatic rings. The largest absolute Gasteiger partial charge is 0.479 e. The molecule has 1 atom stereocenters. The lowest BCUT2D eigenvalue weighted by Gasteiger charge is -2.30. The highest BCUT2D eigenvalue weighted by Gasteiger charge is 2.51. The van der Waals surface area contributed by atoms with Crippen LogP contribution in [0.4, 0.5) is 4.79 Å². The SMILES string of the molecule is O=C(CN1C(=O)NC2(CCCCC2)C1=O)N[C@H](C(=O)O)c1ccccc1. The summed E-state index contributed by atoms with van der Waals surface area (Å²) in [7, 11) is 0. The number of benzene rings is 1. The first kappa shape index (κ1) is 17.9. The van der Waals surface area contributed by atoms with Gasteiger partial charge in [-0.2, -0.15) is 0 Å². The number of nitrogens with zero attached hydrogens (tertiary/aromatic N) is 1. The quantitative estimate of drug-likeness (QED) is 0.683. The maximum absolute atomic E-state index is 12.7. The Balaban J connectivity index is 1.68. The van der Waals surface area contributed by atoms with Crippen LogP contribution in [0.5, 0.6) is 0 Å². The Bertz CT molecular complexity index is 728. The average molecular weight is 359 g/mol. The fourth-order valence-electron chi connectivity index (χ4n) is 3.60. The molecule has 1 spiro atoms. The molecule has 0 bridgehead atoms. The second kappa shape index (κ2) is 7.15. The molecule has 2 fully saturated rings. The number of carbonyl (C=O) groups excluding carboxylic acids is 3. The van der Waals surface area contributed by atoms with Crippen molar-refractivity contribution in [3.05, 3.63) is 35.9 Å². The highest BCUT2D eigenvalue weighted by Crippen LogP contribution is 2.33. The lowest BCUT2D eigenvalue weighted by Crippen LogP contribution is -2.49. The fourth-order valence-corrected chi connectivity index (χ4v) is 3.60. The van der Waals surface area contributed by atoms with Crippen molar-refractivity contribution in [1.82, 2.24) is 15.5 Å². The summed E-state index contributed by atoms with van der Waals surface area (Å²) in [6, 6.07) is 6.41. The van der Waals surface area contributed by atoms with E-state index in [4.69, 9.17) is 0 Å². The zero-order chi connectivity index (χ0) is 18.7. The van der Waals surface area contributed by atoms with E-state index in [2.05, 4.69) is 10.6 Å². The summed E-state index contributed by atoms with van der Waals surface area (Å²) < 4.78 is 0. The van der Waals surface area contributed by atoms with Gasteiger partial charge in [0, 0.05) is 0 Å². The van der Waals surface area contributed by atoms with Crippen molar-refractivity contribution in [2.24, 2.45) is 0 Å². The Hall–Kier alpha value is -2.90. The molecule has 0 aromatic heterocycles. The molecule has 138 valence electrons. The van der Waals surface area contributed by atoms with E-state index in [1.165, 1.54) is 0 Å². The van der Waals surface area contributed by atoms with Gasteiger partial charge in [-0.15, -0.1) is 0 Å². The molecule has 8 nitrogen and oxygen atoms in total. The topological polar surface area (TPSA) is 116 Å². The van der Waals surface area contributed by atoms with Crippen molar-refractivity contribution in [2.75, 3.05) is 6.54 Å². The van der Waals surface area contributed by atoms with Gasteiger partial charge in [0.2, 0.25) is 5.91 Å². The molecule has 8 heteroatoms. The maximum Gasteiger partial charge on any atom is 0.330 e. The third-order valence-corrected chi connectivity index (χ3v) is 4.94. The number of amides is 4. The van der Waals surface area contributed by atoms with E-state index in [-0.39, 0.29) is 0 Å². The molecule has 0 unspecified atom stereocenters. The second-order valence-corrected chi connectivity index (χ2v) is 6.71. The van der Waals surface area contributed by atoms with Gasteiger partial charge < -0.3 is 15.7 Å². The molecular formula is C18H21N3O5. The van der Waals surface area contributed by atoms with E-state index < -0.39 is 41.9 Å². The summed E-state index contributed by atoms with van der Waals surface area (Å²) in [4.78, 5) is 49.5. The Morgan fingerprint density at radius 3 is 2.42 bits per heavy atom. The molecule has 1 saturated carbocycles. The van der Waals surface area contributed by atoms with Crippen molar-refractivity contribution >= 4 is 23.8 Å². The first-order valence-electron chi connectivity index (χ1n) is 8.64. The molecule has 1 aliphatic carbocycles. The molecule has 1 aliphatic heterocycles. The number of hydrogen-bond donors (Lipinski definition) is 3. The van der Waals surface area contributed by atoms with E-state index in [1.54, 1.807) is 30.3 Å². The number of hydrogen-bond acceptors (Lipinski definition) is 4. The highest BCUT2D eigenvalue weighted by molar-refractivity contribution is 6.09. The summed E-state index contributed by atoms with van der Waals surface area (Å²) in [6.07, 6.45) is 3.85. The zero-order valence-electron chi connectivity index (χ0n) is 14.2. The molecule has 2 aliphatic rings. The fraction of sp³-hybridized carbons (Fsp3) is 0.444. The number of carboxylic acid groups (broad SMARTS) is 1. The number of nitrogens with one attached hydrogen (secondary N) is 2. The summed E-state index contributed by atoms with van der Waals surface area (Å²) in [5, 5.41) is 14.5. The van der Waals surface area contributed by atoms with Crippen molar-refractivity contribution in [2.45, 2.75) is 43.7 Å². The molecule has 4 amide bonds. The van der Waals surface area contributed by atoms with Gasteiger partial charge in [0.15, 0.2) is 6.04 Å². The Labute approximate surface area is 150 Å². The van der Waals surface area contributed by atoms with Gasteiger partial charge in [-0.25, -0.2) is 9.59 Å². The third-order valence-electron chi connectivity index (χ3n) is 4.94. The van der Waals surface area contributed by atoms with Crippen LogP contribution in [0.1, 0.15) is 43.7 Å². The smallest absolute Gasteiger partial charge is 0.330 e. The predicted molar refractivity (Wildman–Crippen MR) is 91.0 cm³/mol. The van der Waals surface area contributed by atoms with Gasteiger partial charge in [0.1, 0.15) is 12.1 Å². The van der Waals surface area contributed by atoms with Crippen LogP contribution >= 0.6 is 0 Å². The van der Waals surface area contributed by atoms with Crippen molar-refractivity contribution < 1.29 is 24.3 Å². The molecule has 1 saturated heterocycles. The minimum Gasteiger partial charge on any atom is -0.479 e. The third kappa shape index (κ3) is 3.40. The molecule has 3 N–H and O–H groups in total. The lowest BCUT2D eigenvalue weighted by atomic mass is 9.82. The highest BCUT2D eigenvalue weighted by atomic mass is 16.4. The minimum atomic E-state index is -1.24. The molecule has 3 rings (SSSR count). The normalized spacial score (nSPS) is 19.9. The summed E-state index contributed by atoms with van der Waals surface area (Å²) in [6.45, 7) is -0.497. The van der Waals surface area contributed by atoms with Crippen molar-refractivity contribution in [3.8, 4) is 0 Å². The molecule has 1 heterocycles. The van der Waals surface area contributed by atoms with Gasteiger partial charge in [-0.1, -0.05) is 49.6 Å². The van der Waals surface area contributed by atoms with E-state index in [9.17, 15) is 24.3 Å². The summed E-state index contributed by atoms with van der Waals surface area (Å²) in [5.41, 5.74) is -0.490. The van der Waals surface area contributed by atoms with Gasteiger partial charge in [0.05, 0.1) is 0 Å². The number of imide groups is 1. The standard InChI is InChI=1S/C18H21N3O5/c22-13(19-14(15(23)24)12-7-3-1-4-8-12)11-21-16(25)18(20-17(21)26)9-5-2-6-10-18/h1,3-4,7-8,14H,2,5-6,9-11H2,(H,19,22)(H,20,26)(H,23,24)/t14-/m0/s1. The van der Waals surface area contributed by atoms with E-state index >= 15 is 0 Å². The Kier molecular flexibility index (Phi) is 4.92. The van der Waals surface area contributed by atoms with E-state index in [0.717, 1.165) is 24.2 Å². The monoisotopic (exact) mass is 359 g/mol. The van der Waals surface area contributed by atoms with Crippen LogP contribution in [0, 0.1) is 0 Å². The second-order valence-electron chi connectivity index (χ2n) is 6.71. The van der Waals surface area contributed by atoms with Crippen LogP contribution < -0.4 is 10.6 Å². The first-order valence-corrected chi connectivity index (χ1v) is 8.64. The van der Waals surface area contributed by atoms with Crippen LogP contribution in [-0.2, 0) is 14.4 Å². The van der Waals surface area contributed by atoms with Crippen molar-refractivity contribution in [1.29, 1.82) is 0 Å². The molecule has 0 radical (unpaired) electrons. The number of urea groups is 1. The van der Waals surface area contributed by atoms with Crippen LogP contribution in [0.15, 0.2) is 30.3 Å². The average Bonchev–Trinajstić information content (AvgIpc) is 2.85. The first-order chi connectivity index (χ1) is 12.4. The summed E-state index contributed by atoms with van der Waals surface area (Å²) >= 11 is 0. The van der Waals surface area contributed by atoms with Gasteiger partial charge in [-0.05, 0) is 18.4 Å². The number of carbonyl (C=O) groups is 4. The van der Waals surface area contributed by atoms with Crippen LogP contribution in [-0.4, -0.2) is 45.9 Å². The maximum atomic E-state index is 12.7. The minimum absolute atomic E-state index is 0.399. The van der Waals surface area contributed by atoms with Crippen LogP contribution in [0.3, 0.4) is 0 Å². The van der Waals surface area contributed by atoms with Gasteiger partial charge >= 0.3 is 12.0 Å². The molecular weight excluding hydrogens is 338 g/mol. The summed E-state index contributed by atoms with van der Waals surface area (Å²) in [5.74, 6) is -2.31. The predicted octanol–water partition coefficient (Wildman–Crippen LogP) is 1.18. The molecule has 1 aromatic carbocycles. The zero-order valence-corrected chi connectivity index (χ0v) is 14.2. The van der Waals surface area contributed by atoms with E-state index in [1.807, 2.05) is 0 Å². The van der Waals surface area contributed by atoms with Gasteiger partial charge in [0.25, 0.3) is 5.91 Å². The Morgan fingerprint density at radius 1 is 1.15 bits per heavy atom. The van der Waals surface area contributed by atoms with Crippen LogP contribution in [0.2, 0.25) is 0 Å². The molecule has 26 heavy (non-hydrogen) atoms. The Morgan fingerprint density at radius 2 is 1.81 bits per heavy atom.